The standard InChI is InChI=1S/C11H20N4O/c1-9(2)5-14-4-3-11(7-14)15-6-10(8-16)12-13-15/h6,9,11,16H,3-5,7-8H2,1-2H3/t11-/m1/s1. The molecule has 0 amide bonds. The summed E-state index contributed by atoms with van der Waals surface area (Å²) in [6.07, 6.45) is 2.98. The predicted octanol–water partition coefficient (Wildman–Crippen LogP) is 0.673. The van der Waals surface area contributed by atoms with E-state index in [1.165, 1.54) is 0 Å². The van der Waals surface area contributed by atoms with E-state index in [4.69, 9.17) is 5.11 Å². The Kier molecular flexibility index (Phi) is 3.56. The summed E-state index contributed by atoms with van der Waals surface area (Å²) in [6, 6.07) is 0.423. The topological polar surface area (TPSA) is 54.2 Å². The molecule has 90 valence electrons. The molecule has 1 saturated heterocycles. The van der Waals surface area contributed by atoms with Gasteiger partial charge in [0.25, 0.3) is 0 Å². The van der Waals surface area contributed by atoms with Crippen LogP contribution in [-0.2, 0) is 6.61 Å². The third-order valence-electron chi connectivity index (χ3n) is 2.96. The lowest BCUT2D eigenvalue weighted by Gasteiger charge is -2.17. The van der Waals surface area contributed by atoms with Crippen molar-refractivity contribution in [2.24, 2.45) is 5.92 Å². The van der Waals surface area contributed by atoms with Gasteiger partial charge in [-0.25, -0.2) is 4.68 Å². The van der Waals surface area contributed by atoms with Crippen molar-refractivity contribution in [3.8, 4) is 0 Å². The summed E-state index contributed by atoms with van der Waals surface area (Å²) < 4.78 is 1.89. The van der Waals surface area contributed by atoms with Gasteiger partial charge in [0, 0.05) is 19.6 Å². The van der Waals surface area contributed by atoms with Gasteiger partial charge in [0.05, 0.1) is 18.8 Å². The van der Waals surface area contributed by atoms with E-state index in [0.717, 1.165) is 26.1 Å². The Hall–Kier alpha value is -0.940. The molecule has 0 saturated carbocycles. The summed E-state index contributed by atoms with van der Waals surface area (Å²) in [6.45, 7) is 7.80. The maximum atomic E-state index is 8.94. The number of hydrogen-bond acceptors (Lipinski definition) is 4. The average molecular weight is 224 g/mol. The molecule has 1 aliphatic rings. The van der Waals surface area contributed by atoms with E-state index >= 15 is 0 Å². The highest BCUT2D eigenvalue weighted by atomic mass is 16.3. The van der Waals surface area contributed by atoms with E-state index in [-0.39, 0.29) is 6.61 Å². The van der Waals surface area contributed by atoms with E-state index in [0.29, 0.717) is 17.7 Å². The fourth-order valence-corrected chi connectivity index (χ4v) is 2.27. The minimum Gasteiger partial charge on any atom is -0.390 e. The Morgan fingerprint density at radius 3 is 3.00 bits per heavy atom. The molecule has 1 aromatic heterocycles. The van der Waals surface area contributed by atoms with Crippen molar-refractivity contribution in [3.63, 3.8) is 0 Å². The van der Waals surface area contributed by atoms with Crippen molar-refractivity contribution in [2.75, 3.05) is 19.6 Å². The maximum absolute atomic E-state index is 8.94. The van der Waals surface area contributed by atoms with Gasteiger partial charge >= 0.3 is 0 Å². The Bertz CT molecular complexity index is 336. The molecule has 0 bridgehead atoms. The van der Waals surface area contributed by atoms with Crippen LogP contribution in [0, 0.1) is 5.92 Å². The van der Waals surface area contributed by atoms with E-state index in [1.807, 2.05) is 10.9 Å². The van der Waals surface area contributed by atoms with Gasteiger partial charge in [0.2, 0.25) is 0 Å². The summed E-state index contributed by atoms with van der Waals surface area (Å²) in [4.78, 5) is 2.47. The summed E-state index contributed by atoms with van der Waals surface area (Å²) in [5.41, 5.74) is 0.655. The normalized spacial score (nSPS) is 22.1. The number of aromatic nitrogens is 3. The second-order valence-corrected chi connectivity index (χ2v) is 4.94. The van der Waals surface area contributed by atoms with E-state index in [2.05, 4.69) is 29.1 Å². The molecule has 5 heteroatoms. The van der Waals surface area contributed by atoms with Gasteiger partial charge in [-0.3, -0.25) is 0 Å². The summed E-state index contributed by atoms with van der Waals surface area (Å²) in [5.74, 6) is 0.711. The second-order valence-electron chi connectivity index (χ2n) is 4.94. The van der Waals surface area contributed by atoms with Crippen LogP contribution in [-0.4, -0.2) is 44.6 Å². The molecule has 2 heterocycles. The monoisotopic (exact) mass is 224 g/mol. The summed E-state index contributed by atoms with van der Waals surface area (Å²) >= 11 is 0. The van der Waals surface area contributed by atoms with Crippen molar-refractivity contribution in [2.45, 2.75) is 32.9 Å². The molecule has 2 rings (SSSR count). The Morgan fingerprint density at radius 2 is 2.38 bits per heavy atom. The zero-order chi connectivity index (χ0) is 11.5. The first-order valence-corrected chi connectivity index (χ1v) is 5.93. The van der Waals surface area contributed by atoms with Crippen molar-refractivity contribution < 1.29 is 5.11 Å². The minimum absolute atomic E-state index is 0.0254. The molecule has 0 aliphatic carbocycles. The van der Waals surface area contributed by atoms with Gasteiger partial charge in [-0.1, -0.05) is 19.1 Å². The molecule has 0 spiro atoms. The molecule has 1 aromatic rings. The highest BCUT2D eigenvalue weighted by Gasteiger charge is 2.24. The molecular formula is C11H20N4O. The van der Waals surface area contributed by atoms with Crippen LogP contribution in [0.4, 0.5) is 0 Å². The average Bonchev–Trinajstić information content (AvgIpc) is 2.83. The van der Waals surface area contributed by atoms with Crippen molar-refractivity contribution in [1.82, 2.24) is 19.9 Å². The number of aliphatic hydroxyl groups excluding tert-OH is 1. The van der Waals surface area contributed by atoms with Crippen LogP contribution in [0.2, 0.25) is 0 Å². The molecule has 1 atom stereocenters. The van der Waals surface area contributed by atoms with Crippen LogP contribution < -0.4 is 0 Å². The van der Waals surface area contributed by atoms with Crippen molar-refractivity contribution in [3.05, 3.63) is 11.9 Å². The molecule has 1 fully saturated rings. The lowest BCUT2D eigenvalue weighted by molar-refractivity contribution is 0.276. The number of rotatable bonds is 4. The maximum Gasteiger partial charge on any atom is 0.108 e. The van der Waals surface area contributed by atoms with Crippen LogP contribution in [0.3, 0.4) is 0 Å². The zero-order valence-corrected chi connectivity index (χ0v) is 10.0. The van der Waals surface area contributed by atoms with E-state index < -0.39 is 0 Å². The molecule has 1 N–H and O–H groups in total. The van der Waals surface area contributed by atoms with Gasteiger partial charge in [-0.2, -0.15) is 0 Å². The highest BCUT2D eigenvalue weighted by molar-refractivity contribution is 4.92. The minimum atomic E-state index is -0.0254. The molecule has 16 heavy (non-hydrogen) atoms. The Labute approximate surface area is 96.1 Å². The quantitative estimate of drug-likeness (QED) is 0.817. The third kappa shape index (κ3) is 2.59. The van der Waals surface area contributed by atoms with Crippen molar-refractivity contribution >= 4 is 0 Å². The Morgan fingerprint density at radius 1 is 1.56 bits per heavy atom. The van der Waals surface area contributed by atoms with Gasteiger partial charge in [-0.05, 0) is 12.3 Å². The van der Waals surface area contributed by atoms with E-state index in [9.17, 15) is 0 Å². The van der Waals surface area contributed by atoms with Gasteiger partial charge < -0.3 is 10.0 Å². The van der Waals surface area contributed by atoms with Crippen LogP contribution >= 0.6 is 0 Å². The van der Waals surface area contributed by atoms with Crippen molar-refractivity contribution in [1.29, 1.82) is 0 Å². The molecule has 0 radical (unpaired) electrons. The van der Waals surface area contributed by atoms with Crippen LogP contribution in [0.25, 0.3) is 0 Å². The zero-order valence-electron chi connectivity index (χ0n) is 10.0. The number of likely N-dealkylation sites (tertiary alicyclic amines) is 1. The molecule has 1 aliphatic heterocycles. The fraction of sp³-hybridized carbons (Fsp3) is 0.818. The van der Waals surface area contributed by atoms with Crippen LogP contribution in [0.5, 0.6) is 0 Å². The number of aliphatic hydroxyl groups is 1. The summed E-state index contributed by atoms with van der Waals surface area (Å²) in [7, 11) is 0. The highest BCUT2D eigenvalue weighted by Crippen LogP contribution is 2.21. The number of hydrogen-bond donors (Lipinski definition) is 1. The lowest BCUT2D eigenvalue weighted by Crippen LogP contribution is -2.25. The largest absolute Gasteiger partial charge is 0.390 e. The predicted molar refractivity (Wildman–Crippen MR) is 60.9 cm³/mol. The van der Waals surface area contributed by atoms with Gasteiger partial charge in [-0.15, -0.1) is 5.10 Å². The summed E-state index contributed by atoms with van der Waals surface area (Å²) in [5, 5.41) is 16.9. The fourth-order valence-electron chi connectivity index (χ4n) is 2.27. The van der Waals surface area contributed by atoms with Gasteiger partial charge in [0.15, 0.2) is 0 Å². The first-order valence-electron chi connectivity index (χ1n) is 5.93. The molecule has 5 nitrogen and oxygen atoms in total. The smallest absolute Gasteiger partial charge is 0.108 e. The molecular weight excluding hydrogens is 204 g/mol. The van der Waals surface area contributed by atoms with E-state index in [1.54, 1.807) is 0 Å². The number of nitrogens with zero attached hydrogens (tertiary/aromatic N) is 4. The first-order chi connectivity index (χ1) is 7.69. The van der Waals surface area contributed by atoms with Gasteiger partial charge in [0.1, 0.15) is 5.69 Å². The molecule has 0 unspecified atom stereocenters. The third-order valence-corrected chi connectivity index (χ3v) is 2.96. The SMILES string of the molecule is CC(C)CN1CC[C@@H](n2cc(CO)nn2)C1. The van der Waals surface area contributed by atoms with Crippen LogP contribution in [0.15, 0.2) is 6.20 Å². The second kappa shape index (κ2) is 4.93. The van der Waals surface area contributed by atoms with Crippen LogP contribution in [0.1, 0.15) is 32.0 Å². The Balaban J connectivity index is 1.92. The molecule has 0 aromatic carbocycles. The lowest BCUT2D eigenvalue weighted by atomic mass is 10.2. The first kappa shape index (κ1) is 11.5.